The summed E-state index contributed by atoms with van der Waals surface area (Å²) in [7, 11) is 0. The van der Waals surface area contributed by atoms with Crippen molar-refractivity contribution in [1.29, 1.82) is 0 Å². The lowest BCUT2D eigenvalue weighted by Gasteiger charge is -2.34. The van der Waals surface area contributed by atoms with Crippen molar-refractivity contribution in [3.63, 3.8) is 0 Å². The van der Waals surface area contributed by atoms with Gasteiger partial charge in [0, 0.05) is 38.1 Å². The number of furan rings is 1. The maximum atomic E-state index is 12.6. The smallest absolute Gasteiger partial charge is 0.264 e. The summed E-state index contributed by atoms with van der Waals surface area (Å²) >= 11 is 3.14. The van der Waals surface area contributed by atoms with Crippen LogP contribution in [0.1, 0.15) is 20.9 Å². The third-order valence-electron chi connectivity index (χ3n) is 4.39. The molecule has 3 aromatic heterocycles. The standard InChI is InChI=1S/C18H19N3O2S2/c1-13-4-10-24-16(13)18(22)21-7-5-20(6-8-21)11-14-12-25-17(19-14)15-3-2-9-23-15/h2-4,9-10,12H,5-8,11H2,1H3. The van der Waals surface area contributed by atoms with Gasteiger partial charge in [-0.25, -0.2) is 4.98 Å². The summed E-state index contributed by atoms with van der Waals surface area (Å²) in [6.07, 6.45) is 1.67. The zero-order valence-corrected chi connectivity index (χ0v) is 15.6. The van der Waals surface area contributed by atoms with Crippen molar-refractivity contribution in [1.82, 2.24) is 14.8 Å². The van der Waals surface area contributed by atoms with Gasteiger partial charge in [-0.3, -0.25) is 9.69 Å². The van der Waals surface area contributed by atoms with E-state index in [1.807, 2.05) is 35.4 Å². The third-order valence-corrected chi connectivity index (χ3v) is 6.30. The lowest BCUT2D eigenvalue weighted by Crippen LogP contribution is -2.48. The Balaban J connectivity index is 1.33. The van der Waals surface area contributed by atoms with Gasteiger partial charge in [-0.2, -0.15) is 0 Å². The van der Waals surface area contributed by atoms with Gasteiger partial charge < -0.3 is 9.32 Å². The van der Waals surface area contributed by atoms with E-state index in [4.69, 9.17) is 4.42 Å². The van der Waals surface area contributed by atoms with E-state index in [1.165, 1.54) is 11.3 Å². The summed E-state index contributed by atoms with van der Waals surface area (Å²) in [6, 6.07) is 5.81. The van der Waals surface area contributed by atoms with Gasteiger partial charge in [0.1, 0.15) is 0 Å². The first-order valence-electron chi connectivity index (χ1n) is 8.25. The van der Waals surface area contributed by atoms with Gasteiger partial charge >= 0.3 is 0 Å². The number of thiophene rings is 1. The van der Waals surface area contributed by atoms with Crippen LogP contribution in [0, 0.1) is 6.92 Å². The number of hydrogen-bond donors (Lipinski definition) is 0. The molecule has 0 spiro atoms. The average molecular weight is 374 g/mol. The molecule has 25 heavy (non-hydrogen) atoms. The van der Waals surface area contributed by atoms with E-state index >= 15 is 0 Å². The average Bonchev–Trinajstić information content (AvgIpc) is 3.36. The summed E-state index contributed by atoms with van der Waals surface area (Å²) in [5.74, 6) is 0.985. The second kappa shape index (κ2) is 7.11. The number of carbonyl (C=O) groups is 1. The van der Waals surface area contributed by atoms with E-state index in [0.717, 1.165) is 59.6 Å². The number of amides is 1. The van der Waals surface area contributed by atoms with Gasteiger partial charge in [0.05, 0.1) is 16.8 Å². The molecule has 1 amide bonds. The molecule has 0 N–H and O–H groups in total. The molecule has 5 nitrogen and oxygen atoms in total. The van der Waals surface area contributed by atoms with Crippen molar-refractivity contribution in [3.05, 3.63) is 51.4 Å². The minimum absolute atomic E-state index is 0.168. The normalized spacial score (nSPS) is 15.6. The van der Waals surface area contributed by atoms with Crippen LogP contribution < -0.4 is 0 Å². The van der Waals surface area contributed by atoms with Gasteiger partial charge in [0.15, 0.2) is 10.8 Å². The Morgan fingerprint density at radius 1 is 1.24 bits per heavy atom. The molecule has 0 saturated carbocycles. The molecule has 1 aliphatic rings. The van der Waals surface area contributed by atoms with Gasteiger partial charge in [-0.05, 0) is 36.1 Å². The molecule has 0 atom stereocenters. The second-order valence-corrected chi connectivity index (χ2v) is 7.90. The van der Waals surface area contributed by atoms with Crippen LogP contribution in [0.3, 0.4) is 0 Å². The Morgan fingerprint density at radius 2 is 2.08 bits per heavy atom. The molecule has 0 aliphatic carbocycles. The fraction of sp³-hybridized carbons (Fsp3) is 0.333. The molecule has 4 rings (SSSR count). The monoisotopic (exact) mass is 373 g/mol. The molecular weight excluding hydrogens is 354 g/mol. The molecule has 3 aromatic rings. The van der Waals surface area contributed by atoms with Crippen molar-refractivity contribution in [2.75, 3.05) is 26.2 Å². The van der Waals surface area contributed by atoms with Crippen LogP contribution in [-0.2, 0) is 6.54 Å². The summed E-state index contributed by atoms with van der Waals surface area (Å²) in [6.45, 7) is 6.11. The molecule has 1 aliphatic heterocycles. The second-order valence-electron chi connectivity index (χ2n) is 6.12. The van der Waals surface area contributed by atoms with Crippen molar-refractivity contribution in [2.24, 2.45) is 0 Å². The van der Waals surface area contributed by atoms with Crippen molar-refractivity contribution in [2.45, 2.75) is 13.5 Å². The van der Waals surface area contributed by atoms with Crippen LogP contribution in [-0.4, -0.2) is 46.9 Å². The molecule has 0 bridgehead atoms. The highest BCUT2D eigenvalue weighted by Crippen LogP contribution is 2.25. The zero-order valence-electron chi connectivity index (χ0n) is 14.0. The van der Waals surface area contributed by atoms with E-state index in [-0.39, 0.29) is 5.91 Å². The van der Waals surface area contributed by atoms with Gasteiger partial charge in [0.25, 0.3) is 5.91 Å². The Kier molecular flexibility index (Phi) is 4.70. The Bertz CT molecular complexity index is 845. The quantitative estimate of drug-likeness (QED) is 0.699. The predicted octanol–water partition coefficient (Wildman–Crippen LogP) is 3.73. The first-order valence-corrected chi connectivity index (χ1v) is 10.0. The molecule has 0 radical (unpaired) electrons. The maximum absolute atomic E-state index is 12.6. The Hall–Kier alpha value is -1.96. The fourth-order valence-corrected chi connectivity index (χ4v) is 4.64. The number of hydrogen-bond acceptors (Lipinski definition) is 6. The minimum Gasteiger partial charge on any atom is -0.462 e. The van der Waals surface area contributed by atoms with Gasteiger partial charge in [0.2, 0.25) is 0 Å². The Labute approximate surface area is 154 Å². The largest absolute Gasteiger partial charge is 0.462 e. The summed E-state index contributed by atoms with van der Waals surface area (Å²) < 4.78 is 5.40. The number of carbonyl (C=O) groups excluding carboxylic acids is 1. The van der Waals surface area contributed by atoms with E-state index in [9.17, 15) is 4.79 Å². The number of nitrogens with zero attached hydrogens (tertiary/aromatic N) is 3. The van der Waals surface area contributed by atoms with Crippen molar-refractivity contribution in [3.8, 4) is 10.8 Å². The van der Waals surface area contributed by atoms with Crippen LogP contribution in [0.25, 0.3) is 10.8 Å². The number of piperazine rings is 1. The van der Waals surface area contributed by atoms with Crippen LogP contribution in [0.2, 0.25) is 0 Å². The topological polar surface area (TPSA) is 49.6 Å². The van der Waals surface area contributed by atoms with E-state index in [0.29, 0.717) is 0 Å². The number of aryl methyl sites for hydroxylation is 1. The molecule has 0 unspecified atom stereocenters. The highest BCUT2D eigenvalue weighted by atomic mass is 32.1. The van der Waals surface area contributed by atoms with E-state index in [1.54, 1.807) is 17.6 Å². The number of thiazole rings is 1. The first kappa shape index (κ1) is 16.5. The minimum atomic E-state index is 0.168. The summed E-state index contributed by atoms with van der Waals surface area (Å²) in [5.41, 5.74) is 2.13. The highest BCUT2D eigenvalue weighted by molar-refractivity contribution is 7.13. The van der Waals surface area contributed by atoms with Gasteiger partial charge in [-0.15, -0.1) is 22.7 Å². The van der Waals surface area contributed by atoms with Crippen LogP contribution in [0.15, 0.2) is 39.6 Å². The summed E-state index contributed by atoms with van der Waals surface area (Å²) in [5, 5.41) is 4.99. The van der Waals surface area contributed by atoms with Crippen LogP contribution in [0.5, 0.6) is 0 Å². The SMILES string of the molecule is Cc1ccsc1C(=O)N1CCN(Cc2csc(-c3ccco3)n2)CC1. The lowest BCUT2D eigenvalue weighted by atomic mass is 10.2. The molecule has 130 valence electrons. The molecule has 1 fully saturated rings. The van der Waals surface area contributed by atoms with Gasteiger partial charge in [-0.1, -0.05) is 0 Å². The Morgan fingerprint density at radius 3 is 2.76 bits per heavy atom. The van der Waals surface area contributed by atoms with E-state index in [2.05, 4.69) is 15.3 Å². The lowest BCUT2D eigenvalue weighted by molar-refractivity contribution is 0.0631. The third kappa shape index (κ3) is 3.53. The maximum Gasteiger partial charge on any atom is 0.264 e. The molecule has 4 heterocycles. The molecule has 1 saturated heterocycles. The zero-order chi connectivity index (χ0) is 17.2. The van der Waals surface area contributed by atoms with Crippen LogP contribution in [0.4, 0.5) is 0 Å². The van der Waals surface area contributed by atoms with Crippen molar-refractivity contribution >= 4 is 28.6 Å². The van der Waals surface area contributed by atoms with Crippen LogP contribution >= 0.6 is 22.7 Å². The molecule has 0 aromatic carbocycles. The fourth-order valence-electron chi connectivity index (χ4n) is 2.97. The molecular formula is C18H19N3O2S2. The number of rotatable bonds is 4. The summed E-state index contributed by atoms with van der Waals surface area (Å²) in [4.78, 5) is 22.4. The van der Waals surface area contributed by atoms with E-state index < -0.39 is 0 Å². The molecule has 7 heteroatoms. The van der Waals surface area contributed by atoms with Crippen molar-refractivity contribution < 1.29 is 9.21 Å². The first-order chi connectivity index (χ1) is 12.2. The highest BCUT2D eigenvalue weighted by Gasteiger charge is 2.24. The number of aromatic nitrogens is 1. The predicted molar refractivity (Wildman–Crippen MR) is 100 cm³/mol.